The molecule has 1 N–H and O–H groups in total. The number of rotatable bonds is 5. The highest BCUT2D eigenvalue weighted by molar-refractivity contribution is 9.10. The van der Waals surface area contributed by atoms with E-state index >= 15 is 0 Å². The summed E-state index contributed by atoms with van der Waals surface area (Å²) >= 11 is 3.55. The van der Waals surface area contributed by atoms with E-state index in [1.54, 1.807) is 7.11 Å². The molecule has 0 amide bonds. The molecule has 112 valence electrons. The molecule has 0 atom stereocenters. The number of nitrogens with one attached hydrogen (secondary N) is 1. The summed E-state index contributed by atoms with van der Waals surface area (Å²) < 4.78 is 6.09. The minimum atomic E-state index is 0.444. The van der Waals surface area contributed by atoms with Gasteiger partial charge < -0.3 is 10.1 Å². The van der Waals surface area contributed by atoms with Gasteiger partial charge >= 0.3 is 0 Å². The number of methoxy groups -OCH3 is 1. The van der Waals surface area contributed by atoms with Crippen LogP contribution in [0.3, 0.4) is 0 Å². The average Bonchev–Trinajstić information content (AvgIpc) is 2.46. The Labute approximate surface area is 134 Å². The fraction of sp³-hybridized carbons (Fsp3) is 0.375. The van der Waals surface area contributed by atoms with Crippen molar-refractivity contribution in [1.29, 1.82) is 0 Å². The lowest BCUT2D eigenvalue weighted by atomic mass is 10.1. The topological polar surface area (TPSA) is 47.0 Å². The van der Waals surface area contributed by atoms with Crippen molar-refractivity contribution >= 4 is 21.7 Å². The highest BCUT2D eigenvalue weighted by atomic mass is 79.9. The van der Waals surface area contributed by atoms with E-state index in [2.05, 4.69) is 63.3 Å². The van der Waals surface area contributed by atoms with Gasteiger partial charge in [-0.3, -0.25) is 0 Å². The predicted octanol–water partition coefficient (Wildman–Crippen LogP) is 4.10. The maximum Gasteiger partial charge on any atom is 0.161 e. The molecule has 5 heteroatoms. The van der Waals surface area contributed by atoms with Crippen molar-refractivity contribution < 1.29 is 4.74 Å². The van der Waals surface area contributed by atoms with Crippen LogP contribution < -0.4 is 5.32 Å². The third kappa shape index (κ3) is 3.60. The third-order valence-corrected chi connectivity index (χ3v) is 4.14. The van der Waals surface area contributed by atoms with Gasteiger partial charge in [0.25, 0.3) is 0 Å². The smallest absolute Gasteiger partial charge is 0.161 e. The maximum absolute atomic E-state index is 5.23. The van der Waals surface area contributed by atoms with Crippen LogP contribution in [0.2, 0.25) is 0 Å². The van der Waals surface area contributed by atoms with Crippen LogP contribution in [0.5, 0.6) is 0 Å². The molecule has 0 fully saturated rings. The van der Waals surface area contributed by atoms with E-state index in [-0.39, 0.29) is 0 Å². The lowest BCUT2D eigenvalue weighted by Gasteiger charge is -2.12. The van der Waals surface area contributed by atoms with E-state index in [1.165, 1.54) is 11.1 Å². The van der Waals surface area contributed by atoms with Gasteiger partial charge in [-0.25, -0.2) is 9.97 Å². The average molecular weight is 350 g/mol. The monoisotopic (exact) mass is 349 g/mol. The number of nitrogens with zero attached hydrogens (tertiary/aromatic N) is 2. The number of ether oxygens (including phenoxy) is 1. The number of anilines is 1. The van der Waals surface area contributed by atoms with E-state index in [9.17, 15) is 0 Å². The van der Waals surface area contributed by atoms with Crippen LogP contribution in [-0.4, -0.2) is 23.6 Å². The summed E-state index contributed by atoms with van der Waals surface area (Å²) in [4.78, 5) is 9.24. The second-order valence-electron chi connectivity index (χ2n) is 4.92. The molecule has 0 bridgehead atoms. The highest BCUT2D eigenvalue weighted by Crippen LogP contribution is 2.28. The van der Waals surface area contributed by atoms with Crippen molar-refractivity contribution in [3.05, 3.63) is 39.5 Å². The first-order chi connectivity index (χ1) is 10.1. The van der Waals surface area contributed by atoms with Crippen LogP contribution >= 0.6 is 15.9 Å². The van der Waals surface area contributed by atoms with Gasteiger partial charge in [0.05, 0.1) is 16.8 Å². The number of hydrogen-bond donors (Lipinski definition) is 1. The van der Waals surface area contributed by atoms with Gasteiger partial charge in [0.2, 0.25) is 0 Å². The predicted molar refractivity (Wildman–Crippen MR) is 89.5 cm³/mol. The van der Waals surface area contributed by atoms with E-state index in [0.717, 1.165) is 28.1 Å². The van der Waals surface area contributed by atoms with E-state index in [0.29, 0.717) is 12.4 Å². The van der Waals surface area contributed by atoms with Crippen molar-refractivity contribution in [3.8, 4) is 11.4 Å². The van der Waals surface area contributed by atoms with Crippen LogP contribution in [0.4, 0.5) is 5.82 Å². The molecule has 0 saturated heterocycles. The zero-order valence-electron chi connectivity index (χ0n) is 12.8. The molecule has 2 rings (SSSR count). The second kappa shape index (κ2) is 7.00. The minimum absolute atomic E-state index is 0.444. The molecule has 0 aliphatic heterocycles. The number of aryl methyl sites for hydroxylation is 2. The normalized spacial score (nSPS) is 10.7. The Bertz CT molecular complexity index is 616. The lowest BCUT2D eigenvalue weighted by molar-refractivity contribution is 0.181. The first-order valence-electron chi connectivity index (χ1n) is 6.93. The Morgan fingerprint density at radius 2 is 1.95 bits per heavy atom. The molecule has 0 saturated carbocycles. The zero-order valence-corrected chi connectivity index (χ0v) is 14.4. The summed E-state index contributed by atoms with van der Waals surface area (Å²) in [6.45, 7) is 7.48. The molecule has 0 radical (unpaired) electrons. The van der Waals surface area contributed by atoms with Crippen LogP contribution in [0.1, 0.15) is 23.7 Å². The van der Waals surface area contributed by atoms with Gasteiger partial charge in [-0.15, -0.1) is 0 Å². The maximum atomic E-state index is 5.23. The summed E-state index contributed by atoms with van der Waals surface area (Å²) in [5, 5.41) is 3.26. The highest BCUT2D eigenvalue weighted by Gasteiger charge is 2.13. The Balaban J connectivity index is 2.53. The molecule has 0 aliphatic rings. The first-order valence-corrected chi connectivity index (χ1v) is 7.73. The summed E-state index contributed by atoms with van der Waals surface area (Å²) in [7, 11) is 1.66. The Morgan fingerprint density at radius 3 is 2.57 bits per heavy atom. The Morgan fingerprint density at radius 1 is 1.19 bits per heavy atom. The SMILES string of the molecule is CCNc1nc(-c2ccc(C)c(C)c2)nc(COC)c1Br. The van der Waals surface area contributed by atoms with Gasteiger partial charge in [-0.1, -0.05) is 12.1 Å². The van der Waals surface area contributed by atoms with Crippen molar-refractivity contribution in [2.45, 2.75) is 27.4 Å². The molecule has 0 unspecified atom stereocenters. The van der Waals surface area contributed by atoms with Crippen LogP contribution in [0, 0.1) is 13.8 Å². The zero-order chi connectivity index (χ0) is 15.4. The lowest BCUT2D eigenvalue weighted by Crippen LogP contribution is -2.07. The van der Waals surface area contributed by atoms with Gasteiger partial charge in [-0.2, -0.15) is 0 Å². The van der Waals surface area contributed by atoms with E-state index in [1.807, 2.05) is 6.92 Å². The third-order valence-electron chi connectivity index (χ3n) is 3.31. The van der Waals surface area contributed by atoms with Crippen molar-refractivity contribution in [2.24, 2.45) is 0 Å². The van der Waals surface area contributed by atoms with Crippen LogP contribution in [-0.2, 0) is 11.3 Å². The van der Waals surface area contributed by atoms with Gasteiger partial charge in [0, 0.05) is 19.2 Å². The van der Waals surface area contributed by atoms with Crippen LogP contribution in [0.15, 0.2) is 22.7 Å². The van der Waals surface area contributed by atoms with Crippen molar-refractivity contribution in [1.82, 2.24) is 9.97 Å². The molecule has 0 spiro atoms. The van der Waals surface area contributed by atoms with Crippen LogP contribution in [0.25, 0.3) is 11.4 Å². The Kier molecular flexibility index (Phi) is 5.31. The number of aromatic nitrogens is 2. The molecule has 1 aromatic carbocycles. The summed E-state index contributed by atoms with van der Waals surface area (Å²) in [5.41, 5.74) is 4.36. The van der Waals surface area contributed by atoms with Gasteiger partial charge in [0.15, 0.2) is 5.82 Å². The van der Waals surface area contributed by atoms with E-state index < -0.39 is 0 Å². The molecule has 4 nitrogen and oxygen atoms in total. The first kappa shape index (κ1) is 15.9. The summed E-state index contributed by atoms with van der Waals surface area (Å²) in [6.07, 6.45) is 0. The number of halogens is 1. The molecule has 2 aromatic rings. The fourth-order valence-corrected chi connectivity index (χ4v) is 2.45. The largest absolute Gasteiger partial charge is 0.378 e. The fourth-order valence-electron chi connectivity index (χ4n) is 2.02. The molecule has 0 aliphatic carbocycles. The van der Waals surface area contributed by atoms with Crippen molar-refractivity contribution in [2.75, 3.05) is 19.0 Å². The van der Waals surface area contributed by atoms with Crippen molar-refractivity contribution in [3.63, 3.8) is 0 Å². The molecule has 1 heterocycles. The molecular weight excluding hydrogens is 330 g/mol. The summed E-state index contributed by atoms with van der Waals surface area (Å²) in [5.74, 6) is 1.51. The van der Waals surface area contributed by atoms with E-state index in [4.69, 9.17) is 4.74 Å². The molecule has 1 aromatic heterocycles. The molecule has 21 heavy (non-hydrogen) atoms. The quantitative estimate of drug-likeness (QED) is 0.882. The number of benzene rings is 1. The number of hydrogen-bond acceptors (Lipinski definition) is 4. The molecular formula is C16H20BrN3O. The minimum Gasteiger partial charge on any atom is -0.378 e. The second-order valence-corrected chi connectivity index (χ2v) is 5.71. The standard InChI is InChI=1S/C16H20BrN3O/c1-5-18-16-14(17)13(9-21-4)19-15(20-16)12-7-6-10(2)11(3)8-12/h6-8H,5,9H2,1-4H3,(H,18,19,20). The van der Waals surface area contributed by atoms with Gasteiger partial charge in [0.1, 0.15) is 5.82 Å². The summed E-state index contributed by atoms with van der Waals surface area (Å²) in [6, 6.07) is 6.27. The van der Waals surface area contributed by atoms with Gasteiger partial charge in [-0.05, 0) is 53.9 Å². The Hall–Kier alpha value is -1.46.